The molecular weight excluding hydrogens is 262 g/mol. The predicted octanol–water partition coefficient (Wildman–Crippen LogP) is 2.84. The highest BCUT2D eigenvalue weighted by Gasteiger charge is 2.09. The Hall–Kier alpha value is -1.81. The number of carbonyl (C=O) groups is 1. The van der Waals surface area contributed by atoms with E-state index >= 15 is 0 Å². The van der Waals surface area contributed by atoms with E-state index < -0.39 is 0 Å². The summed E-state index contributed by atoms with van der Waals surface area (Å²) in [6.45, 7) is 0. The van der Waals surface area contributed by atoms with Crippen molar-refractivity contribution in [3.63, 3.8) is 0 Å². The zero-order valence-corrected chi connectivity index (χ0v) is 11.5. The van der Waals surface area contributed by atoms with Crippen LogP contribution in [0.3, 0.4) is 0 Å². The van der Waals surface area contributed by atoms with Crippen LogP contribution in [0.15, 0.2) is 36.8 Å². The second-order valence-electron chi connectivity index (χ2n) is 4.34. The lowest BCUT2D eigenvalue weighted by atomic mass is 10.1. The first-order valence-corrected chi connectivity index (χ1v) is 6.66. The van der Waals surface area contributed by atoms with Crippen LogP contribution < -0.4 is 5.32 Å². The Morgan fingerprint density at radius 2 is 2.32 bits per heavy atom. The number of nitrogens with one attached hydrogen (secondary N) is 1. The number of anilines is 1. The number of nitrogens with zero attached hydrogens (tertiary/aromatic N) is 2. The minimum absolute atomic E-state index is 0.158. The van der Waals surface area contributed by atoms with Gasteiger partial charge in [0.2, 0.25) is 0 Å². The number of halogens is 1. The highest BCUT2D eigenvalue weighted by atomic mass is 35.5. The average Bonchev–Trinajstić information content (AvgIpc) is 2.83. The van der Waals surface area contributed by atoms with Crippen molar-refractivity contribution in [3.8, 4) is 0 Å². The number of alkyl halides is 1. The number of hydrogen-bond donors (Lipinski definition) is 1. The van der Waals surface area contributed by atoms with Crippen molar-refractivity contribution in [1.29, 1.82) is 0 Å². The molecule has 0 aliphatic heterocycles. The summed E-state index contributed by atoms with van der Waals surface area (Å²) in [4.78, 5) is 16.0. The van der Waals surface area contributed by atoms with Crippen molar-refractivity contribution in [2.45, 2.75) is 12.8 Å². The van der Waals surface area contributed by atoms with Gasteiger partial charge in [0.05, 0.1) is 12.5 Å². The van der Waals surface area contributed by atoms with Crippen LogP contribution in [0.2, 0.25) is 0 Å². The Labute approximate surface area is 117 Å². The number of benzene rings is 1. The number of hydrogen-bond acceptors (Lipinski definition) is 2. The molecular formula is C14H16ClN3O. The summed E-state index contributed by atoms with van der Waals surface area (Å²) in [6.07, 6.45) is 5.00. The summed E-state index contributed by atoms with van der Waals surface area (Å²) >= 11 is 5.68. The van der Waals surface area contributed by atoms with Crippen molar-refractivity contribution in [2.24, 2.45) is 7.05 Å². The van der Waals surface area contributed by atoms with Crippen LogP contribution in [0.4, 0.5) is 5.69 Å². The summed E-state index contributed by atoms with van der Waals surface area (Å²) in [6, 6.07) is 7.81. The van der Waals surface area contributed by atoms with Gasteiger partial charge in [0.1, 0.15) is 5.69 Å². The molecule has 19 heavy (non-hydrogen) atoms. The number of aromatic nitrogens is 2. The normalized spacial score (nSPS) is 10.4. The molecule has 1 aromatic heterocycles. The number of carbonyl (C=O) groups excluding carboxylic acids is 1. The smallest absolute Gasteiger partial charge is 0.273 e. The zero-order chi connectivity index (χ0) is 13.7. The Balaban J connectivity index is 2.07. The van der Waals surface area contributed by atoms with Gasteiger partial charge in [-0.3, -0.25) is 4.79 Å². The molecule has 0 aliphatic rings. The van der Waals surface area contributed by atoms with E-state index in [0.29, 0.717) is 11.6 Å². The molecule has 1 aromatic carbocycles. The molecule has 4 nitrogen and oxygen atoms in total. The van der Waals surface area contributed by atoms with Crippen LogP contribution in [-0.4, -0.2) is 21.3 Å². The molecule has 0 saturated carbocycles. The average molecular weight is 278 g/mol. The van der Waals surface area contributed by atoms with E-state index in [1.165, 1.54) is 5.56 Å². The molecule has 0 atom stereocenters. The summed E-state index contributed by atoms with van der Waals surface area (Å²) in [7, 11) is 1.79. The van der Waals surface area contributed by atoms with Crippen molar-refractivity contribution in [2.75, 3.05) is 11.2 Å². The number of aryl methyl sites for hydroxylation is 2. The molecule has 1 amide bonds. The maximum atomic E-state index is 12.0. The van der Waals surface area contributed by atoms with Gasteiger partial charge in [-0.25, -0.2) is 4.98 Å². The fourth-order valence-corrected chi connectivity index (χ4v) is 1.98. The molecule has 0 spiro atoms. The van der Waals surface area contributed by atoms with E-state index in [9.17, 15) is 4.79 Å². The summed E-state index contributed by atoms with van der Waals surface area (Å²) in [5.74, 6) is 0.487. The van der Waals surface area contributed by atoms with Gasteiger partial charge >= 0.3 is 0 Å². The highest BCUT2D eigenvalue weighted by Crippen LogP contribution is 2.13. The Bertz CT molecular complexity index is 565. The molecule has 100 valence electrons. The standard InChI is InChI=1S/C14H16ClN3O/c1-18-10-16-9-13(18)14(19)17-12-6-2-4-11(8-12)5-3-7-15/h2,4,6,8-10H,3,5,7H2,1H3,(H,17,19). The lowest BCUT2D eigenvalue weighted by Crippen LogP contribution is -2.15. The Morgan fingerprint density at radius 3 is 3.00 bits per heavy atom. The first kappa shape index (κ1) is 13.6. The fraction of sp³-hybridized carbons (Fsp3) is 0.286. The van der Waals surface area contributed by atoms with E-state index in [0.717, 1.165) is 18.5 Å². The second kappa shape index (κ2) is 6.38. The second-order valence-corrected chi connectivity index (χ2v) is 4.71. The fourth-order valence-electron chi connectivity index (χ4n) is 1.85. The van der Waals surface area contributed by atoms with Crippen LogP contribution in [0.1, 0.15) is 22.5 Å². The first-order chi connectivity index (χ1) is 9.20. The number of imidazole rings is 1. The molecule has 2 aromatic rings. The zero-order valence-electron chi connectivity index (χ0n) is 10.8. The van der Waals surface area contributed by atoms with Crippen LogP contribution in [0.25, 0.3) is 0 Å². The third-order valence-corrected chi connectivity index (χ3v) is 3.10. The van der Waals surface area contributed by atoms with Gasteiger partial charge in [0.15, 0.2) is 0 Å². The minimum atomic E-state index is -0.158. The van der Waals surface area contributed by atoms with Crippen molar-refractivity contribution >= 4 is 23.2 Å². The third-order valence-electron chi connectivity index (χ3n) is 2.83. The first-order valence-electron chi connectivity index (χ1n) is 6.13. The number of rotatable bonds is 5. The van der Waals surface area contributed by atoms with Crippen LogP contribution in [-0.2, 0) is 13.5 Å². The van der Waals surface area contributed by atoms with Gasteiger partial charge in [-0.15, -0.1) is 11.6 Å². The topological polar surface area (TPSA) is 46.9 Å². The molecule has 0 saturated heterocycles. The van der Waals surface area contributed by atoms with Crippen LogP contribution in [0, 0.1) is 0 Å². The van der Waals surface area contributed by atoms with E-state index in [1.807, 2.05) is 24.3 Å². The van der Waals surface area contributed by atoms with Crippen molar-refractivity contribution in [3.05, 3.63) is 48.0 Å². The van der Waals surface area contributed by atoms with E-state index in [2.05, 4.69) is 10.3 Å². The van der Waals surface area contributed by atoms with E-state index in [4.69, 9.17) is 11.6 Å². The van der Waals surface area contributed by atoms with Gasteiger partial charge in [0, 0.05) is 18.6 Å². The molecule has 0 unspecified atom stereocenters. The molecule has 0 aliphatic carbocycles. The minimum Gasteiger partial charge on any atom is -0.330 e. The quantitative estimate of drug-likeness (QED) is 0.854. The van der Waals surface area contributed by atoms with Gasteiger partial charge < -0.3 is 9.88 Å². The van der Waals surface area contributed by atoms with Crippen LogP contribution in [0.5, 0.6) is 0 Å². The summed E-state index contributed by atoms with van der Waals surface area (Å²) in [5.41, 5.74) is 2.49. The lowest BCUT2D eigenvalue weighted by molar-refractivity contribution is 0.101. The number of amides is 1. The maximum absolute atomic E-state index is 12.0. The molecule has 1 N–H and O–H groups in total. The molecule has 1 heterocycles. The van der Waals surface area contributed by atoms with E-state index in [-0.39, 0.29) is 5.91 Å². The maximum Gasteiger partial charge on any atom is 0.273 e. The largest absolute Gasteiger partial charge is 0.330 e. The van der Waals surface area contributed by atoms with Crippen molar-refractivity contribution in [1.82, 2.24) is 9.55 Å². The molecule has 0 fully saturated rings. The van der Waals surface area contributed by atoms with Gasteiger partial charge in [-0.1, -0.05) is 12.1 Å². The van der Waals surface area contributed by atoms with E-state index in [1.54, 1.807) is 24.1 Å². The lowest BCUT2D eigenvalue weighted by Gasteiger charge is -2.07. The van der Waals surface area contributed by atoms with Crippen molar-refractivity contribution < 1.29 is 4.79 Å². The van der Waals surface area contributed by atoms with Gasteiger partial charge in [-0.05, 0) is 30.5 Å². The van der Waals surface area contributed by atoms with Gasteiger partial charge in [-0.2, -0.15) is 0 Å². The molecule has 2 rings (SSSR count). The molecule has 5 heteroatoms. The highest BCUT2D eigenvalue weighted by molar-refractivity contribution is 6.17. The summed E-state index contributed by atoms with van der Waals surface area (Å²) in [5, 5.41) is 2.87. The Kier molecular flexibility index (Phi) is 4.58. The monoisotopic (exact) mass is 277 g/mol. The SMILES string of the molecule is Cn1cncc1C(=O)Nc1cccc(CCCCl)c1. The molecule has 0 radical (unpaired) electrons. The predicted molar refractivity (Wildman–Crippen MR) is 76.6 cm³/mol. The van der Waals surface area contributed by atoms with Gasteiger partial charge in [0.25, 0.3) is 5.91 Å². The summed E-state index contributed by atoms with van der Waals surface area (Å²) < 4.78 is 1.69. The molecule has 0 bridgehead atoms. The third kappa shape index (κ3) is 3.58. The Morgan fingerprint density at radius 1 is 1.47 bits per heavy atom. The van der Waals surface area contributed by atoms with Crippen LogP contribution >= 0.6 is 11.6 Å².